The van der Waals surface area contributed by atoms with E-state index in [1.54, 1.807) is 19.3 Å². The highest BCUT2D eigenvalue weighted by molar-refractivity contribution is 6.09. The molecule has 2 aromatic heterocycles. The second-order valence-corrected chi connectivity index (χ2v) is 8.20. The average Bonchev–Trinajstić information content (AvgIpc) is 3.41. The second-order valence-electron chi connectivity index (χ2n) is 8.20. The lowest BCUT2D eigenvalue weighted by Gasteiger charge is -2.09. The van der Waals surface area contributed by atoms with Crippen molar-refractivity contribution in [2.75, 3.05) is 7.05 Å². The van der Waals surface area contributed by atoms with Crippen LogP contribution < -0.4 is 11.1 Å². The second kappa shape index (κ2) is 9.25. The van der Waals surface area contributed by atoms with Gasteiger partial charge in [0.1, 0.15) is 23.5 Å². The molecule has 0 radical (unpaired) electrons. The van der Waals surface area contributed by atoms with Crippen molar-refractivity contribution in [2.24, 2.45) is 16.6 Å². The number of rotatable bonds is 6. The molecule has 9 heteroatoms. The zero-order chi connectivity index (χ0) is 22.7. The number of allylic oxidation sites excluding steroid dienone is 1. The van der Waals surface area contributed by atoms with Gasteiger partial charge in [0, 0.05) is 37.5 Å². The monoisotopic (exact) mass is 435 g/mol. The van der Waals surface area contributed by atoms with Gasteiger partial charge in [-0.1, -0.05) is 6.92 Å². The number of hydrogen-bond acceptors (Lipinski definition) is 6. The van der Waals surface area contributed by atoms with Gasteiger partial charge in [-0.3, -0.25) is 9.79 Å². The number of aromatic amines is 1. The van der Waals surface area contributed by atoms with Crippen LogP contribution in [0, 0.1) is 11.7 Å². The maximum absolute atomic E-state index is 14.1. The number of fused-ring (bicyclic) bond motifs is 1. The summed E-state index contributed by atoms with van der Waals surface area (Å²) in [6.07, 6.45) is 7.56. The summed E-state index contributed by atoms with van der Waals surface area (Å²) in [4.78, 5) is 33.0. The Labute approximate surface area is 185 Å². The molecule has 0 bridgehead atoms. The molecule has 0 spiro atoms. The molecule has 0 saturated heterocycles. The fourth-order valence-corrected chi connectivity index (χ4v) is 4.21. The molecule has 0 aliphatic heterocycles. The van der Waals surface area contributed by atoms with Crippen molar-refractivity contribution in [1.82, 2.24) is 25.3 Å². The van der Waals surface area contributed by atoms with E-state index < -0.39 is 5.82 Å². The maximum Gasteiger partial charge on any atom is 0.272 e. The summed E-state index contributed by atoms with van der Waals surface area (Å²) in [7, 11) is 1.61. The number of nitrogens with two attached hydrogens (primary N) is 1. The number of aliphatic imine (C=N–C) groups is 1. The first kappa shape index (κ1) is 21.6. The van der Waals surface area contributed by atoms with Gasteiger partial charge in [0.25, 0.3) is 5.91 Å². The number of hydrogen-bond donors (Lipinski definition) is 3. The summed E-state index contributed by atoms with van der Waals surface area (Å²) < 4.78 is 14.1. The van der Waals surface area contributed by atoms with Crippen LogP contribution in [-0.4, -0.2) is 39.1 Å². The molecule has 3 aromatic rings. The molecule has 2 unspecified atom stereocenters. The van der Waals surface area contributed by atoms with Crippen molar-refractivity contribution < 1.29 is 9.18 Å². The third-order valence-electron chi connectivity index (χ3n) is 5.79. The lowest BCUT2D eigenvalue weighted by atomic mass is 10.0. The third kappa shape index (κ3) is 4.51. The molecule has 1 fully saturated rings. The highest BCUT2D eigenvalue weighted by Crippen LogP contribution is 2.37. The van der Waals surface area contributed by atoms with Gasteiger partial charge < -0.3 is 16.0 Å². The Morgan fingerprint density at radius 2 is 2.19 bits per heavy atom. The molecular formula is C23H26FN7O. The van der Waals surface area contributed by atoms with E-state index in [0.29, 0.717) is 39.7 Å². The summed E-state index contributed by atoms with van der Waals surface area (Å²) in [5.74, 6) is 1.05. The SMILES string of the molecule is CN=CC(=CN)c1cc(F)cc(CNC(=O)c2ncnc3nc(C4CCC(C)C4)[nH]c23)c1. The van der Waals surface area contributed by atoms with Crippen molar-refractivity contribution in [3.63, 3.8) is 0 Å². The number of amides is 1. The first-order chi connectivity index (χ1) is 15.5. The van der Waals surface area contributed by atoms with Crippen molar-refractivity contribution in [2.45, 2.75) is 38.6 Å². The van der Waals surface area contributed by atoms with E-state index in [0.717, 1.165) is 18.7 Å². The minimum absolute atomic E-state index is 0.122. The van der Waals surface area contributed by atoms with Gasteiger partial charge in [0.05, 0.1) is 0 Å². The van der Waals surface area contributed by atoms with Gasteiger partial charge >= 0.3 is 0 Å². The number of H-pyrrole nitrogens is 1. The number of aromatic nitrogens is 4. The van der Waals surface area contributed by atoms with Gasteiger partial charge in [-0.25, -0.2) is 19.3 Å². The Morgan fingerprint density at radius 1 is 1.34 bits per heavy atom. The predicted octanol–water partition coefficient (Wildman–Crippen LogP) is 3.33. The standard InChI is InChI=1S/C23H26FN7O/c1-13-3-4-15(5-13)21-30-19-20(28-12-29-22(19)31-21)23(32)27-10-14-6-16(8-18(24)7-14)17(9-25)11-26-2/h6-9,11-13,15H,3-5,10,25H2,1-2H3,(H,27,32)(H,28,29,30,31). The third-order valence-corrected chi connectivity index (χ3v) is 5.79. The van der Waals surface area contributed by atoms with Gasteiger partial charge in [-0.05, 0) is 54.5 Å². The molecule has 1 aliphatic carbocycles. The predicted molar refractivity (Wildman–Crippen MR) is 122 cm³/mol. The molecule has 166 valence electrons. The summed E-state index contributed by atoms with van der Waals surface area (Å²) >= 11 is 0. The van der Waals surface area contributed by atoms with Crippen LogP contribution in [0.5, 0.6) is 0 Å². The maximum atomic E-state index is 14.1. The molecular weight excluding hydrogens is 409 g/mol. The summed E-state index contributed by atoms with van der Waals surface area (Å²) in [6, 6.07) is 4.50. The Morgan fingerprint density at radius 3 is 2.91 bits per heavy atom. The van der Waals surface area contributed by atoms with Crippen LogP contribution >= 0.6 is 0 Å². The fraction of sp³-hybridized carbons (Fsp3) is 0.348. The average molecular weight is 436 g/mol. The summed E-state index contributed by atoms with van der Waals surface area (Å²) in [5.41, 5.74) is 8.60. The number of benzene rings is 1. The molecule has 1 aromatic carbocycles. The number of halogens is 1. The Bertz CT molecular complexity index is 1200. The van der Waals surface area contributed by atoms with E-state index in [9.17, 15) is 9.18 Å². The van der Waals surface area contributed by atoms with E-state index in [-0.39, 0.29) is 18.1 Å². The van der Waals surface area contributed by atoms with E-state index in [4.69, 9.17) is 5.73 Å². The van der Waals surface area contributed by atoms with Crippen LogP contribution in [0.15, 0.2) is 35.7 Å². The zero-order valence-corrected chi connectivity index (χ0v) is 18.1. The van der Waals surface area contributed by atoms with Gasteiger partial charge in [-0.15, -0.1) is 0 Å². The highest BCUT2D eigenvalue weighted by Gasteiger charge is 2.26. The van der Waals surface area contributed by atoms with E-state index in [1.165, 1.54) is 31.1 Å². The van der Waals surface area contributed by atoms with Crippen molar-refractivity contribution in [3.8, 4) is 0 Å². The van der Waals surface area contributed by atoms with Crippen LogP contribution in [0.1, 0.15) is 59.5 Å². The summed E-state index contributed by atoms with van der Waals surface area (Å²) in [6.45, 7) is 2.36. The molecule has 4 N–H and O–H groups in total. The molecule has 1 amide bonds. The summed E-state index contributed by atoms with van der Waals surface area (Å²) in [5, 5.41) is 2.81. The lowest BCUT2D eigenvalue weighted by Crippen LogP contribution is -2.24. The Hall–Kier alpha value is -3.62. The molecule has 4 rings (SSSR count). The highest BCUT2D eigenvalue weighted by atomic mass is 19.1. The zero-order valence-electron chi connectivity index (χ0n) is 18.1. The first-order valence-corrected chi connectivity index (χ1v) is 10.6. The normalized spacial score (nSPS) is 19.2. The van der Waals surface area contributed by atoms with Crippen LogP contribution in [0.25, 0.3) is 16.7 Å². The number of carbonyl (C=O) groups is 1. The molecule has 2 heterocycles. The molecule has 8 nitrogen and oxygen atoms in total. The number of carbonyl (C=O) groups excluding carboxylic acids is 1. The van der Waals surface area contributed by atoms with Crippen LogP contribution in [-0.2, 0) is 6.54 Å². The van der Waals surface area contributed by atoms with Crippen LogP contribution in [0.4, 0.5) is 4.39 Å². The van der Waals surface area contributed by atoms with E-state index >= 15 is 0 Å². The smallest absolute Gasteiger partial charge is 0.272 e. The quantitative estimate of drug-likeness (QED) is 0.513. The number of imidazole rings is 1. The van der Waals surface area contributed by atoms with Gasteiger partial charge in [0.15, 0.2) is 11.3 Å². The Kier molecular flexibility index (Phi) is 6.25. The van der Waals surface area contributed by atoms with Crippen molar-refractivity contribution in [1.29, 1.82) is 0 Å². The van der Waals surface area contributed by atoms with Crippen LogP contribution in [0.2, 0.25) is 0 Å². The first-order valence-electron chi connectivity index (χ1n) is 10.6. The van der Waals surface area contributed by atoms with Gasteiger partial charge in [0.2, 0.25) is 0 Å². The molecule has 1 saturated carbocycles. The topological polar surface area (TPSA) is 122 Å². The molecule has 2 atom stereocenters. The van der Waals surface area contributed by atoms with E-state index in [2.05, 4.69) is 37.2 Å². The van der Waals surface area contributed by atoms with E-state index in [1.807, 2.05) is 0 Å². The molecule has 1 aliphatic rings. The van der Waals surface area contributed by atoms with Gasteiger partial charge in [-0.2, -0.15) is 0 Å². The lowest BCUT2D eigenvalue weighted by molar-refractivity contribution is 0.0947. The fourth-order valence-electron chi connectivity index (χ4n) is 4.21. The largest absolute Gasteiger partial charge is 0.404 e. The number of nitrogens with zero attached hydrogens (tertiary/aromatic N) is 4. The van der Waals surface area contributed by atoms with Crippen molar-refractivity contribution >= 4 is 28.9 Å². The minimum atomic E-state index is -0.427. The Balaban J connectivity index is 1.53. The minimum Gasteiger partial charge on any atom is -0.404 e. The molecule has 32 heavy (non-hydrogen) atoms. The number of nitrogens with one attached hydrogen (secondary N) is 2. The van der Waals surface area contributed by atoms with Crippen LogP contribution in [0.3, 0.4) is 0 Å². The van der Waals surface area contributed by atoms with Crippen molar-refractivity contribution in [3.05, 3.63) is 59.2 Å².